The molecule has 4 heterocycles. The number of piperazine rings is 1. The average molecular weight is 573 g/mol. The van der Waals surface area contributed by atoms with Crippen molar-refractivity contribution in [2.45, 2.75) is 39.7 Å². The lowest BCUT2D eigenvalue weighted by Crippen LogP contribution is -2.54. The molecule has 1 aliphatic heterocycles. The summed E-state index contributed by atoms with van der Waals surface area (Å²) in [5.41, 5.74) is 3.43. The van der Waals surface area contributed by atoms with Gasteiger partial charge in [-0.2, -0.15) is 4.98 Å². The first-order valence-corrected chi connectivity index (χ1v) is 13.9. The van der Waals surface area contributed by atoms with Gasteiger partial charge < -0.3 is 9.80 Å². The molecule has 0 bridgehead atoms. The number of rotatable bonds is 6. The second kappa shape index (κ2) is 11.2. The van der Waals surface area contributed by atoms with Crippen molar-refractivity contribution in [2.24, 2.45) is 0 Å². The smallest absolute Gasteiger partial charge is 0.350 e. The van der Waals surface area contributed by atoms with Crippen molar-refractivity contribution in [1.82, 2.24) is 24.4 Å². The zero-order chi connectivity index (χ0) is 29.4. The van der Waals surface area contributed by atoms with Crippen LogP contribution < -0.4 is 10.6 Å². The van der Waals surface area contributed by atoms with Gasteiger partial charge >= 0.3 is 5.69 Å². The Kier molecular flexibility index (Phi) is 7.73. The molecule has 0 aliphatic carbocycles. The molecule has 1 fully saturated rings. The number of anilines is 1. The third kappa shape index (κ3) is 5.02. The average Bonchev–Trinajstić information content (AvgIpc) is 2.96. The van der Waals surface area contributed by atoms with E-state index in [0.717, 1.165) is 17.5 Å². The summed E-state index contributed by atoms with van der Waals surface area (Å²) in [7, 11) is 0. The molecule has 4 aromatic rings. The first kappa shape index (κ1) is 28.2. The molecular formula is C31H31ClN6O3. The molecule has 3 aromatic heterocycles. The fourth-order valence-corrected chi connectivity index (χ4v) is 5.67. The summed E-state index contributed by atoms with van der Waals surface area (Å²) in [6.07, 6.45) is 3.80. The van der Waals surface area contributed by atoms with Gasteiger partial charge in [0.25, 0.3) is 0 Å². The Labute approximate surface area is 243 Å². The van der Waals surface area contributed by atoms with Gasteiger partial charge in [-0.1, -0.05) is 56.3 Å². The Hall–Kier alpha value is -4.37. The van der Waals surface area contributed by atoms with Crippen LogP contribution in [-0.4, -0.2) is 62.3 Å². The maximum atomic E-state index is 14.0. The number of halogens is 1. The van der Waals surface area contributed by atoms with Crippen LogP contribution in [0.1, 0.15) is 48.3 Å². The van der Waals surface area contributed by atoms with Crippen LogP contribution in [0.25, 0.3) is 28.0 Å². The number of benzene rings is 1. The van der Waals surface area contributed by atoms with Crippen molar-refractivity contribution in [3.8, 4) is 16.9 Å². The van der Waals surface area contributed by atoms with Gasteiger partial charge in [-0.05, 0) is 43.5 Å². The summed E-state index contributed by atoms with van der Waals surface area (Å²) in [4.78, 5) is 56.1. The van der Waals surface area contributed by atoms with E-state index in [-0.39, 0.29) is 17.9 Å². The highest BCUT2D eigenvalue weighted by atomic mass is 35.5. The summed E-state index contributed by atoms with van der Waals surface area (Å²) in [5.74, 6) is 0.322. The summed E-state index contributed by atoms with van der Waals surface area (Å²) < 4.78 is 1.50. The highest BCUT2D eigenvalue weighted by Gasteiger charge is 2.30. The van der Waals surface area contributed by atoms with Gasteiger partial charge in [-0.3, -0.25) is 14.6 Å². The van der Waals surface area contributed by atoms with E-state index in [0.29, 0.717) is 64.0 Å². The number of aromatic nitrogens is 4. The third-order valence-corrected chi connectivity index (χ3v) is 7.74. The van der Waals surface area contributed by atoms with Crippen LogP contribution in [0.15, 0.2) is 60.0 Å². The van der Waals surface area contributed by atoms with Crippen molar-refractivity contribution in [3.05, 3.63) is 87.6 Å². The fourth-order valence-electron chi connectivity index (χ4n) is 5.42. The number of fused-ring (bicyclic) bond motifs is 1. The van der Waals surface area contributed by atoms with Gasteiger partial charge in [0.15, 0.2) is 11.9 Å². The summed E-state index contributed by atoms with van der Waals surface area (Å²) in [6.45, 7) is 12.9. The fraction of sp³-hybridized carbons (Fsp3) is 0.290. The lowest BCUT2D eigenvalue weighted by molar-refractivity contribution is -0.126. The van der Waals surface area contributed by atoms with E-state index in [2.05, 4.69) is 16.5 Å². The standard InChI is InChI=1S/C31H31ClN6O3/c1-6-25(40)36-13-14-37(20(5)16-36)29-23-15-24(32)27(22-10-8-7-9-21(22)17-39)34-30(23)38(31(41)35-29)28-19(4)11-12-33-26(28)18(2)3/h6-12,15,17-18,20H,1,13-14,16H2,2-5H3/t20-/m0/s1/i40+2. The Morgan fingerprint density at radius 2 is 1.95 bits per heavy atom. The number of pyridine rings is 2. The Bertz CT molecular complexity index is 1750. The number of amides is 1. The number of aryl methyl sites for hydroxylation is 1. The molecule has 0 unspecified atom stereocenters. The summed E-state index contributed by atoms with van der Waals surface area (Å²) in [6, 6.07) is 10.5. The van der Waals surface area contributed by atoms with Crippen LogP contribution in [-0.2, 0) is 4.79 Å². The minimum atomic E-state index is -0.508. The van der Waals surface area contributed by atoms with Crippen molar-refractivity contribution < 1.29 is 9.59 Å². The molecule has 0 saturated carbocycles. The minimum Gasteiger partial charge on any atom is -0.350 e. The van der Waals surface area contributed by atoms with Crippen LogP contribution in [0.2, 0.25) is 5.02 Å². The second-order valence-corrected chi connectivity index (χ2v) is 10.9. The third-order valence-electron chi connectivity index (χ3n) is 7.45. The molecule has 0 N–H and O–H groups in total. The molecular weight excluding hydrogens is 542 g/mol. The lowest BCUT2D eigenvalue weighted by Gasteiger charge is -2.40. The first-order valence-electron chi connectivity index (χ1n) is 13.5. The lowest BCUT2D eigenvalue weighted by atomic mass is 10.0. The van der Waals surface area contributed by atoms with E-state index < -0.39 is 5.69 Å². The van der Waals surface area contributed by atoms with E-state index in [1.807, 2.05) is 44.7 Å². The van der Waals surface area contributed by atoms with Crippen LogP contribution in [0.5, 0.6) is 0 Å². The summed E-state index contributed by atoms with van der Waals surface area (Å²) in [5, 5.41) is 0.899. The second-order valence-electron chi connectivity index (χ2n) is 10.5. The van der Waals surface area contributed by atoms with Gasteiger partial charge in [0, 0.05) is 43.0 Å². The number of nitrogens with zero attached hydrogens (tertiary/aromatic N) is 6. The Morgan fingerprint density at radius 3 is 2.63 bits per heavy atom. The Morgan fingerprint density at radius 1 is 1.20 bits per heavy atom. The molecule has 5 rings (SSSR count). The zero-order valence-electron chi connectivity index (χ0n) is 23.5. The van der Waals surface area contributed by atoms with Crippen LogP contribution in [0.4, 0.5) is 5.82 Å². The van der Waals surface area contributed by atoms with Crippen LogP contribution in [0, 0.1) is 6.92 Å². The van der Waals surface area contributed by atoms with Crippen LogP contribution in [0.3, 0.4) is 0 Å². The number of hydrogen-bond acceptors (Lipinski definition) is 7. The van der Waals surface area contributed by atoms with Gasteiger partial charge in [-0.25, -0.2) is 14.3 Å². The monoisotopic (exact) mass is 572 g/mol. The predicted molar refractivity (Wildman–Crippen MR) is 161 cm³/mol. The molecule has 1 aromatic carbocycles. The number of hydrogen-bond donors (Lipinski definition) is 0. The predicted octanol–water partition coefficient (Wildman–Crippen LogP) is 4.96. The maximum Gasteiger partial charge on any atom is 0.355 e. The Balaban J connectivity index is 1.82. The molecule has 9 nitrogen and oxygen atoms in total. The van der Waals surface area contributed by atoms with Gasteiger partial charge in [-0.15, -0.1) is 0 Å². The van der Waals surface area contributed by atoms with E-state index >= 15 is 0 Å². The van der Waals surface area contributed by atoms with Crippen LogP contribution >= 0.6 is 11.6 Å². The van der Waals surface area contributed by atoms with E-state index in [4.69, 9.17) is 16.6 Å². The topological polar surface area (TPSA) is 101 Å². The number of aldehydes is 1. The molecule has 1 aliphatic rings. The molecule has 1 saturated heterocycles. The zero-order valence-corrected chi connectivity index (χ0v) is 24.2. The normalized spacial score (nSPS) is 15.4. The van der Waals surface area contributed by atoms with E-state index in [9.17, 15) is 14.4 Å². The largest absolute Gasteiger partial charge is 0.355 e. The van der Waals surface area contributed by atoms with E-state index in [1.165, 1.54) is 10.6 Å². The molecule has 0 radical (unpaired) electrons. The van der Waals surface area contributed by atoms with Crippen molar-refractivity contribution in [1.29, 1.82) is 0 Å². The summed E-state index contributed by atoms with van der Waals surface area (Å²) >= 11 is 6.86. The van der Waals surface area contributed by atoms with Crippen molar-refractivity contribution >= 4 is 40.6 Å². The molecule has 10 heteroatoms. The number of carbonyl (C=O) groups is 2. The van der Waals surface area contributed by atoms with Crippen molar-refractivity contribution in [2.75, 3.05) is 24.5 Å². The minimum absolute atomic E-state index is 0.0181. The molecule has 1 amide bonds. The quantitative estimate of drug-likeness (QED) is 0.183. The highest BCUT2D eigenvalue weighted by Crippen LogP contribution is 2.36. The maximum absolute atomic E-state index is 14.0. The van der Waals surface area contributed by atoms with Gasteiger partial charge in [0.1, 0.15) is 5.82 Å². The van der Waals surface area contributed by atoms with E-state index in [1.54, 1.807) is 35.4 Å². The molecule has 1 atom stereocenters. The first-order chi connectivity index (χ1) is 19.7. The highest BCUT2D eigenvalue weighted by molar-refractivity contribution is 6.34. The molecule has 210 valence electrons. The SMILES string of the molecule is C=CC(=[18O])N1CCN(c2nc(=O)n(-c3c(C)ccnc3C(C)C)c3nc(-c4ccccc4C=O)c(Cl)cc23)[C@@H](C)C1. The molecule has 0 spiro atoms. The van der Waals surface area contributed by atoms with Gasteiger partial charge in [0.05, 0.1) is 27.5 Å². The van der Waals surface area contributed by atoms with Crippen molar-refractivity contribution in [3.63, 3.8) is 0 Å². The molecule has 41 heavy (non-hydrogen) atoms. The number of carbonyl (C=O) groups excluding carboxylic acids is 2. The van der Waals surface area contributed by atoms with Gasteiger partial charge in [0.2, 0.25) is 5.91 Å².